The molecule has 0 spiro atoms. The highest BCUT2D eigenvalue weighted by Crippen LogP contribution is 2.39. The normalized spacial score (nSPS) is 12.0. The summed E-state index contributed by atoms with van der Waals surface area (Å²) < 4.78 is 130. The van der Waals surface area contributed by atoms with E-state index in [1.165, 1.54) is 12.1 Å². The number of unbranched alkanes of at least 4 members (excludes halogenated alkanes) is 2. The lowest BCUT2D eigenvalue weighted by Crippen LogP contribution is -2.24. The molecule has 0 aliphatic carbocycles. The maximum absolute atomic E-state index is 15.2. The third-order valence-corrected chi connectivity index (χ3v) is 7.36. The standard InChI is InChI=1S/C35H25F9N2O/c1-2-3-4-5-20-18-45-33(46-19-20)22-8-6-21(7-9-22)23-10-12-26(28(36)14-23)24-11-13-27(29(37)15-24)35(43,44)47-25-16-30(38)32(31(39)17-25)34(40,41)42/h6-19H,2-5H2,1H3. The van der Waals surface area contributed by atoms with Crippen molar-refractivity contribution in [2.45, 2.75) is 44.9 Å². The van der Waals surface area contributed by atoms with Crippen LogP contribution < -0.4 is 4.74 Å². The Hall–Kier alpha value is -4.87. The molecule has 4 aromatic carbocycles. The maximum atomic E-state index is 15.2. The average molecular weight is 661 g/mol. The smallest absolute Gasteiger partial charge is 0.429 e. The Kier molecular flexibility index (Phi) is 9.60. The van der Waals surface area contributed by atoms with Crippen LogP contribution in [0.2, 0.25) is 0 Å². The lowest BCUT2D eigenvalue weighted by molar-refractivity contribution is -0.187. The van der Waals surface area contributed by atoms with Gasteiger partial charge in [-0.05, 0) is 53.3 Å². The Balaban J connectivity index is 1.31. The van der Waals surface area contributed by atoms with E-state index in [4.69, 9.17) is 0 Å². The maximum Gasteiger partial charge on any atom is 0.429 e. The van der Waals surface area contributed by atoms with Gasteiger partial charge in [-0.25, -0.2) is 27.5 Å². The molecule has 0 saturated heterocycles. The summed E-state index contributed by atoms with van der Waals surface area (Å²) in [7, 11) is 0. The first-order valence-corrected chi connectivity index (χ1v) is 14.4. The zero-order chi connectivity index (χ0) is 33.9. The summed E-state index contributed by atoms with van der Waals surface area (Å²) in [4.78, 5) is 8.87. The van der Waals surface area contributed by atoms with Gasteiger partial charge >= 0.3 is 12.3 Å². The summed E-state index contributed by atoms with van der Waals surface area (Å²) in [6.45, 7) is 2.13. The highest BCUT2D eigenvalue weighted by molar-refractivity contribution is 5.72. The van der Waals surface area contributed by atoms with Crippen LogP contribution in [0.3, 0.4) is 0 Å². The number of alkyl halides is 5. The molecule has 0 amide bonds. The molecule has 0 bridgehead atoms. The third-order valence-electron chi connectivity index (χ3n) is 7.36. The van der Waals surface area contributed by atoms with Crippen LogP contribution in [0.5, 0.6) is 5.75 Å². The molecule has 1 aromatic heterocycles. The number of ether oxygens (including phenoxy) is 1. The van der Waals surface area contributed by atoms with E-state index in [0.717, 1.165) is 42.9 Å². The first kappa shape index (κ1) is 33.5. The fourth-order valence-corrected chi connectivity index (χ4v) is 4.95. The van der Waals surface area contributed by atoms with Crippen LogP contribution in [-0.4, -0.2) is 9.97 Å². The summed E-state index contributed by atoms with van der Waals surface area (Å²) in [5, 5.41) is 0. The molecule has 0 unspecified atom stereocenters. The molecule has 0 fully saturated rings. The second-order valence-electron chi connectivity index (χ2n) is 10.7. The molecule has 1 heterocycles. The predicted octanol–water partition coefficient (Wildman–Crippen LogP) is 10.9. The summed E-state index contributed by atoms with van der Waals surface area (Å²) in [6, 6.07) is 13.2. The Bertz CT molecular complexity index is 1850. The number of halogens is 9. The monoisotopic (exact) mass is 660 g/mol. The minimum atomic E-state index is -5.43. The SMILES string of the molecule is CCCCCc1cnc(-c2ccc(-c3ccc(-c4ccc(C(F)(F)Oc5cc(F)c(C(F)(F)F)c(F)c5)c(F)c4)c(F)c3)cc2)nc1. The number of hydrogen-bond donors (Lipinski definition) is 0. The van der Waals surface area contributed by atoms with Crippen molar-refractivity contribution in [3.63, 3.8) is 0 Å². The molecule has 0 atom stereocenters. The van der Waals surface area contributed by atoms with Crippen LogP contribution in [0.4, 0.5) is 39.5 Å². The van der Waals surface area contributed by atoms with Crippen molar-refractivity contribution < 1.29 is 44.3 Å². The first-order chi connectivity index (χ1) is 22.3. The molecule has 0 aliphatic heterocycles. The zero-order valence-corrected chi connectivity index (χ0v) is 24.6. The van der Waals surface area contributed by atoms with Crippen molar-refractivity contribution in [3.05, 3.63) is 125 Å². The molecule has 5 aromatic rings. The Morgan fingerprint density at radius 1 is 0.617 bits per heavy atom. The highest BCUT2D eigenvalue weighted by Gasteiger charge is 2.41. The molecule has 244 valence electrons. The molecule has 0 N–H and O–H groups in total. The zero-order valence-electron chi connectivity index (χ0n) is 24.6. The van der Waals surface area contributed by atoms with Crippen LogP contribution in [0.1, 0.15) is 42.9 Å². The van der Waals surface area contributed by atoms with E-state index in [0.29, 0.717) is 29.1 Å². The topological polar surface area (TPSA) is 35.0 Å². The van der Waals surface area contributed by atoms with Gasteiger partial charge in [0.1, 0.15) is 34.6 Å². The highest BCUT2D eigenvalue weighted by atomic mass is 19.4. The lowest BCUT2D eigenvalue weighted by atomic mass is 9.98. The number of nitrogens with zero attached hydrogens (tertiary/aromatic N) is 2. The van der Waals surface area contributed by atoms with Crippen molar-refractivity contribution in [3.8, 4) is 39.4 Å². The van der Waals surface area contributed by atoms with E-state index < -0.39 is 52.4 Å². The Morgan fingerprint density at radius 3 is 1.77 bits per heavy atom. The molecule has 47 heavy (non-hydrogen) atoms. The van der Waals surface area contributed by atoms with E-state index in [9.17, 15) is 35.1 Å². The van der Waals surface area contributed by atoms with E-state index in [1.54, 1.807) is 42.7 Å². The van der Waals surface area contributed by atoms with Crippen molar-refractivity contribution in [2.24, 2.45) is 0 Å². The van der Waals surface area contributed by atoms with Gasteiger partial charge in [-0.2, -0.15) is 22.0 Å². The number of benzene rings is 4. The molecular weight excluding hydrogens is 635 g/mol. The van der Waals surface area contributed by atoms with Gasteiger partial charge in [-0.3, -0.25) is 0 Å². The number of rotatable bonds is 10. The summed E-state index contributed by atoms with van der Waals surface area (Å²) in [5.74, 6) is -7.48. The molecule has 3 nitrogen and oxygen atoms in total. The van der Waals surface area contributed by atoms with Gasteiger partial charge in [-0.1, -0.05) is 62.2 Å². The fourth-order valence-electron chi connectivity index (χ4n) is 4.95. The van der Waals surface area contributed by atoms with Gasteiger partial charge in [0, 0.05) is 35.7 Å². The van der Waals surface area contributed by atoms with Crippen LogP contribution in [0.25, 0.3) is 33.6 Å². The molecule has 0 radical (unpaired) electrons. The van der Waals surface area contributed by atoms with Gasteiger partial charge in [0.25, 0.3) is 0 Å². The summed E-state index contributed by atoms with van der Waals surface area (Å²) >= 11 is 0. The van der Waals surface area contributed by atoms with E-state index >= 15 is 4.39 Å². The average Bonchev–Trinajstić information content (AvgIpc) is 3.00. The van der Waals surface area contributed by atoms with Crippen molar-refractivity contribution in [2.75, 3.05) is 0 Å². The lowest BCUT2D eigenvalue weighted by Gasteiger charge is -2.20. The van der Waals surface area contributed by atoms with Crippen LogP contribution >= 0.6 is 0 Å². The third kappa shape index (κ3) is 7.58. The Morgan fingerprint density at radius 2 is 1.19 bits per heavy atom. The summed E-state index contributed by atoms with van der Waals surface area (Å²) in [6.07, 6.45) is -2.17. The van der Waals surface area contributed by atoms with Gasteiger partial charge in [-0.15, -0.1) is 0 Å². The second-order valence-corrected chi connectivity index (χ2v) is 10.7. The van der Waals surface area contributed by atoms with Gasteiger partial charge in [0.15, 0.2) is 5.82 Å². The Labute approximate surface area is 263 Å². The van der Waals surface area contributed by atoms with E-state index in [1.807, 2.05) is 0 Å². The van der Waals surface area contributed by atoms with Crippen molar-refractivity contribution >= 4 is 0 Å². The molecular formula is C35H25F9N2O. The molecule has 5 rings (SSSR count). The number of aromatic nitrogens is 2. The largest absolute Gasteiger partial charge is 0.429 e. The fraction of sp³-hybridized carbons (Fsp3) is 0.200. The first-order valence-electron chi connectivity index (χ1n) is 14.4. The van der Waals surface area contributed by atoms with Crippen LogP contribution in [0.15, 0.2) is 85.2 Å². The van der Waals surface area contributed by atoms with Crippen LogP contribution in [0, 0.1) is 23.3 Å². The van der Waals surface area contributed by atoms with Crippen LogP contribution in [-0.2, 0) is 18.7 Å². The van der Waals surface area contributed by atoms with Crippen molar-refractivity contribution in [1.82, 2.24) is 9.97 Å². The minimum absolute atomic E-state index is 0.0864. The summed E-state index contributed by atoms with van der Waals surface area (Å²) in [5.41, 5.74) is -0.949. The molecule has 12 heteroatoms. The predicted molar refractivity (Wildman–Crippen MR) is 157 cm³/mol. The quantitative estimate of drug-likeness (QED) is 0.110. The van der Waals surface area contributed by atoms with Gasteiger partial charge in [0.2, 0.25) is 0 Å². The van der Waals surface area contributed by atoms with Crippen molar-refractivity contribution in [1.29, 1.82) is 0 Å². The molecule has 0 saturated carbocycles. The van der Waals surface area contributed by atoms with E-state index in [2.05, 4.69) is 21.6 Å². The second kappa shape index (κ2) is 13.5. The van der Waals surface area contributed by atoms with Gasteiger partial charge in [0.05, 0.1) is 5.56 Å². The molecule has 0 aliphatic rings. The van der Waals surface area contributed by atoms with Gasteiger partial charge < -0.3 is 4.74 Å². The number of hydrogen-bond acceptors (Lipinski definition) is 3. The number of aryl methyl sites for hydroxylation is 1. The minimum Gasteiger partial charge on any atom is -0.429 e. The van der Waals surface area contributed by atoms with E-state index in [-0.39, 0.29) is 23.3 Å².